The van der Waals surface area contributed by atoms with Crippen molar-refractivity contribution in [3.05, 3.63) is 23.2 Å². The SMILES string of the molecule is CCOc1ccc(Cl)cc1S(=O)(=O)N1CC[NH+](CC)CC1. The van der Waals surface area contributed by atoms with E-state index in [9.17, 15) is 8.42 Å². The number of halogens is 1. The molecule has 21 heavy (non-hydrogen) atoms. The van der Waals surface area contributed by atoms with Gasteiger partial charge in [-0.15, -0.1) is 0 Å². The van der Waals surface area contributed by atoms with Gasteiger partial charge in [-0.25, -0.2) is 8.42 Å². The molecule has 1 aromatic carbocycles. The molecule has 1 aromatic rings. The van der Waals surface area contributed by atoms with E-state index in [1.165, 1.54) is 15.3 Å². The molecule has 0 radical (unpaired) electrons. The predicted octanol–water partition coefficient (Wildman–Crippen LogP) is 0.648. The fraction of sp³-hybridized carbons (Fsp3) is 0.571. The molecule has 0 amide bonds. The van der Waals surface area contributed by atoms with Crippen LogP contribution in [-0.2, 0) is 10.0 Å². The van der Waals surface area contributed by atoms with Crippen LogP contribution >= 0.6 is 11.6 Å². The molecular formula is C14H22ClN2O3S+. The van der Waals surface area contributed by atoms with E-state index in [0.29, 0.717) is 30.5 Å². The van der Waals surface area contributed by atoms with E-state index < -0.39 is 10.0 Å². The third-order valence-corrected chi connectivity index (χ3v) is 5.91. The second-order valence-corrected chi connectivity index (χ2v) is 7.37. The van der Waals surface area contributed by atoms with Gasteiger partial charge in [-0.05, 0) is 32.0 Å². The molecule has 7 heteroatoms. The third kappa shape index (κ3) is 3.69. The summed E-state index contributed by atoms with van der Waals surface area (Å²) < 4.78 is 32.6. The molecule has 1 aliphatic heterocycles. The Bertz CT molecular complexity index is 584. The summed E-state index contributed by atoms with van der Waals surface area (Å²) in [6.07, 6.45) is 0. The molecule has 1 heterocycles. The summed E-state index contributed by atoms with van der Waals surface area (Å²) in [6.45, 7) is 8.11. The quantitative estimate of drug-likeness (QED) is 0.860. The number of piperazine rings is 1. The number of hydrogen-bond donors (Lipinski definition) is 1. The monoisotopic (exact) mass is 333 g/mol. The van der Waals surface area contributed by atoms with Crippen LogP contribution in [0.15, 0.2) is 23.1 Å². The van der Waals surface area contributed by atoms with Crippen molar-refractivity contribution < 1.29 is 18.1 Å². The summed E-state index contributed by atoms with van der Waals surface area (Å²) in [5, 5.41) is 0.398. The van der Waals surface area contributed by atoms with E-state index in [1.54, 1.807) is 12.1 Å². The first-order valence-corrected chi connectivity index (χ1v) is 9.07. The Hall–Kier alpha value is -0.820. The van der Waals surface area contributed by atoms with Crippen molar-refractivity contribution in [3.63, 3.8) is 0 Å². The zero-order valence-electron chi connectivity index (χ0n) is 12.4. The Morgan fingerprint density at radius 2 is 1.95 bits per heavy atom. The van der Waals surface area contributed by atoms with Crippen molar-refractivity contribution >= 4 is 21.6 Å². The average Bonchev–Trinajstić information content (AvgIpc) is 2.49. The van der Waals surface area contributed by atoms with Gasteiger partial charge in [-0.3, -0.25) is 0 Å². The lowest BCUT2D eigenvalue weighted by Gasteiger charge is -2.31. The van der Waals surface area contributed by atoms with Crippen LogP contribution in [0.4, 0.5) is 0 Å². The maximum absolute atomic E-state index is 12.8. The van der Waals surface area contributed by atoms with Crippen LogP contribution in [0.5, 0.6) is 5.75 Å². The van der Waals surface area contributed by atoms with Crippen LogP contribution in [0.25, 0.3) is 0 Å². The van der Waals surface area contributed by atoms with Gasteiger partial charge in [0.05, 0.1) is 39.3 Å². The van der Waals surface area contributed by atoms with Crippen LogP contribution in [-0.4, -0.2) is 52.1 Å². The largest absolute Gasteiger partial charge is 0.492 e. The lowest BCUT2D eigenvalue weighted by molar-refractivity contribution is -0.901. The highest BCUT2D eigenvalue weighted by Crippen LogP contribution is 2.29. The summed E-state index contributed by atoms with van der Waals surface area (Å²) in [5.41, 5.74) is 0. The van der Waals surface area contributed by atoms with Gasteiger partial charge < -0.3 is 9.64 Å². The van der Waals surface area contributed by atoms with E-state index in [4.69, 9.17) is 16.3 Å². The van der Waals surface area contributed by atoms with Gasteiger partial charge in [0.25, 0.3) is 0 Å². The summed E-state index contributed by atoms with van der Waals surface area (Å²) in [4.78, 5) is 1.59. The maximum atomic E-state index is 12.8. The molecule has 1 fully saturated rings. The molecule has 2 rings (SSSR count). The second-order valence-electron chi connectivity index (χ2n) is 5.03. The van der Waals surface area contributed by atoms with Crippen LogP contribution in [0, 0.1) is 0 Å². The highest BCUT2D eigenvalue weighted by molar-refractivity contribution is 7.89. The Kier molecular flexibility index (Phi) is 5.48. The molecule has 5 nitrogen and oxygen atoms in total. The number of hydrogen-bond acceptors (Lipinski definition) is 3. The van der Waals surface area contributed by atoms with Gasteiger partial charge in [0.1, 0.15) is 10.6 Å². The molecule has 0 bridgehead atoms. The Morgan fingerprint density at radius 1 is 1.29 bits per heavy atom. The molecule has 0 aliphatic carbocycles. The number of nitrogens with zero attached hydrogens (tertiary/aromatic N) is 1. The number of sulfonamides is 1. The standard InChI is InChI=1S/C14H21ClN2O3S/c1-3-16-7-9-17(10-8-16)21(18,19)14-11-12(15)5-6-13(14)20-4-2/h5-6,11H,3-4,7-10H2,1-2H3/p+1. The van der Waals surface area contributed by atoms with Crippen molar-refractivity contribution in [1.29, 1.82) is 0 Å². The average molecular weight is 334 g/mol. The van der Waals surface area contributed by atoms with Crippen LogP contribution in [0.3, 0.4) is 0 Å². The molecule has 1 saturated heterocycles. The molecule has 1 aliphatic rings. The molecule has 118 valence electrons. The Balaban J connectivity index is 2.29. The Labute approximate surface area is 131 Å². The number of likely N-dealkylation sites (N-methyl/N-ethyl adjacent to an activating group) is 1. The van der Waals surface area contributed by atoms with Gasteiger partial charge in [0, 0.05) is 5.02 Å². The van der Waals surface area contributed by atoms with E-state index >= 15 is 0 Å². The van der Waals surface area contributed by atoms with Crippen LogP contribution in [0.1, 0.15) is 13.8 Å². The highest BCUT2D eigenvalue weighted by atomic mass is 35.5. The fourth-order valence-corrected chi connectivity index (χ4v) is 4.33. The topological polar surface area (TPSA) is 51.1 Å². The van der Waals surface area contributed by atoms with Gasteiger partial charge >= 0.3 is 0 Å². The Morgan fingerprint density at radius 3 is 2.52 bits per heavy atom. The summed E-state index contributed by atoms with van der Waals surface area (Å²) >= 11 is 5.96. The van der Waals surface area contributed by atoms with E-state index in [2.05, 4.69) is 6.92 Å². The van der Waals surface area contributed by atoms with Crippen LogP contribution in [0.2, 0.25) is 5.02 Å². The summed E-state index contributed by atoms with van der Waals surface area (Å²) in [7, 11) is -3.56. The minimum Gasteiger partial charge on any atom is -0.492 e. The van der Waals surface area contributed by atoms with Crippen molar-refractivity contribution in [1.82, 2.24) is 4.31 Å². The smallest absolute Gasteiger partial charge is 0.247 e. The van der Waals surface area contributed by atoms with Crippen molar-refractivity contribution in [2.24, 2.45) is 0 Å². The zero-order valence-corrected chi connectivity index (χ0v) is 14.0. The lowest BCUT2D eigenvalue weighted by Crippen LogP contribution is -3.14. The van der Waals surface area contributed by atoms with Crippen molar-refractivity contribution in [2.45, 2.75) is 18.7 Å². The van der Waals surface area contributed by atoms with Gasteiger partial charge in [0.2, 0.25) is 10.0 Å². The minimum atomic E-state index is -3.56. The highest BCUT2D eigenvalue weighted by Gasteiger charge is 2.32. The molecule has 0 aromatic heterocycles. The molecule has 0 spiro atoms. The van der Waals surface area contributed by atoms with E-state index in [1.807, 2.05) is 6.92 Å². The molecular weight excluding hydrogens is 312 g/mol. The number of ether oxygens (including phenoxy) is 1. The molecule has 0 unspecified atom stereocenters. The molecule has 0 saturated carbocycles. The first-order valence-electron chi connectivity index (χ1n) is 7.25. The number of quaternary nitrogens is 1. The maximum Gasteiger partial charge on any atom is 0.247 e. The molecule has 0 atom stereocenters. The number of rotatable bonds is 5. The lowest BCUT2D eigenvalue weighted by atomic mass is 10.3. The second kappa shape index (κ2) is 6.96. The van der Waals surface area contributed by atoms with Gasteiger partial charge in [0.15, 0.2) is 0 Å². The summed E-state index contributed by atoms with van der Waals surface area (Å²) in [6, 6.07) is 4.73. The van der Waals surface area contributed by atoms with E-state index in [0.717, 1.165) is 19.6 Å². The van der Waals surface area contributed by atoms with Crippen molar-refractivity contribution in [3.8, 4) is 5.75 Å². The predicted molar refractivity (Wildman–Crippen MR) is 82.6 cm³/mol. The first kappa shape index (κ1) is 16.5. The summed E-state index contributed by atoms with van der Waals surface area (Å²) in [5.74, 6) is 0.368. The third-order valence-electron chi connectivity index (χ3n) is 3.75. The van der Waals surface area contributed by atoms with Crippen molar-refractivity contribution in [2.75, 3.05) is 39.3 Å². The number of nitrogens with one attached hydrogen (secondary N) is 1. The zero-order chi connectivity index (χ0) is 15.5. The molecule has 1 N–H and O–H groups in total. The number of benzene rings is 1. The first-order chi connectivity index (χ1) is 9.98. The van der Waals surface area contributed by atoms with Gasteiger partial charge in [-0.1, -0.05) is 11.6 Å². The van der Waals surface area contributed by atoms with Gasteiger partial charge in [-0.2, -0.15) is 4.31 Å². The van der Waals surface area contributed by atoms with Crippen LogP contribution < -0.4 is 9.64 Å². The minimum absolute atomic E-state index is 0.164. The normalized spacial score (nSPS) is 17.9. The fourth-order valence-electron chi connectivity index (χ4n) is 2.49. The van der Waals surface area contributed by atoms with E-state index in [-0.39, 0.29) is 4.90 Å².